The zero-order chi connectivity index (χ0) is 15.8. The maximum absolute atomic E-state index is 13.2. The van der Waals surface area contributed by atoms with Crippen molar-refractivity contribution in [2.75, 3.05) is 0 Å². The number of tetrazole rings is 1. The molecule has 4 rings (SSSR count). The van der Waals surface area contributed by atoms with Gasteiger partial charge in [-0.3, -0.25) is 0 Å². The molecule has 3 N–H and O–H groups in total. The second-order valence-electron chi connectivity index (χ2n) is 5.04. The molecule has 3 aromatic heterocycles. The van der Waals surface area contributed by atoms with E-state index >= 15 is 0 Å². The van der Waals surface area contributed by atoms with Crippen LogP contribution in [0.2, 0.25) is 0 Å². The molecule has 0 bridgehead atoms. The van der Waals surface area contributed by atoms with Crippen LogP contribution < -0.4 is 5.73 Å². The molecule has 3 heterocycles. The molecule has 0 aliphatic carbocycles. The maximum Gasteiger partial charge on any atom is 0.209 e. The van der Waals surface area contributed by atoms with Crippen molar-refractivity contribution in [2.24, 2.45) is 5.73 Å². The van der Waals surface area contributed by atoms with Crippen molar-refractivity contribution in [3.05, 3.63) is 54.0 Å². The number of nitrogens with two attached hydrogens (primary N) is 1. The molecule has 4 aromatic rings. The zero-order valence-corrected chi connectivity index (χ0v) is 11.9. The van der Waals surface area contributed by atoms with Gasteiger partial charge in [0.2, 0.25) is 5.82 Å². The lowest BCUT2D eigenvalue weighted by molar-refractivity contribution is 0.628. The number of fused-ring (bicyclic) bond motifs is 1. The summed E-state index contributed by atoms with van der Waals surface area (Å²) in [5.41, 5.74) is 9.61. The lowest BCUT2D eigenvalue weighted by Crippen LogP contribution is -1.98. The number of nitrogens with one attached hydrogen (secondary N) is 1. The van der Waals surface area contributed by atoms with E-state index in [1.54, 1.807) is 16.6 Å². The molecule has 7 nitrogen and oxygen atoms in total. The van der Waals surface area contributed by atoms with Gasteiger partial charge in [-0.25, -0.2) is 8.91 Å². The summed E-state index contributed by atoms with van der Waals surface area (Å²) in [6, 6.07) is 9.97. The molecule has 23 heavy (non-hydrogen) atoms. The molecule has 0 radical (unpaired) electrons. The minimum Gasteiger partial charge on any atom is -0.326 e. The number of nitrogens with zero attached hydrogens (tertiary/aromatic N) is 5. The minimum absolute atomic E-state index is 0.302. The number of halogens is 1. The summed E-state index contributed by atoms with van der Waals surface area (Å²) in [4.78, 5) is 0. The second-order valence-corrected chi connectivity index (χ2v) is 5.04. The second kappa shape index (κ2) is 5.25. The highest BCUT2D eigenvalue weighted by Gasteiger charge is 2.19. The topological polar surface area (TPSA) is 97.8 Å². The van der Waals surface area contributed by atoms with Crippen molar-refractivity contribution in [2.45, 2.75) is 6.54 Å². The number of aromatic amines is 1. The lowest BCUT2D eigenvalue weighted by atomic mass is 10.1. The van der Waals surface area contributed by atoms with E-state index in [0.29, 0.717) is 18.1 Å². The van der Waals surface area contributed by atoms with Gasteiger partial charge in [0.05, 0.1) is 11.1 Å². The highest BCUT2D eigenvalue weighted by molar-refractivity contribution is 5.89. The monoisotopic (exact) mass is 309 g/mol. The molecule has 0 atom stereocenters. The zero-order valence-electron chi connectivity index (χ0n) is 11.9. The molecule has 114 valence electrons. The Morgan fingerprint density at radius 1 is 1.13 bits per heavy atom. The van der Waals surface area contributed by atoms with Crippen LogP contribution in [-0.4, -0.2) is 30.2 Å². The number of rotatable bonds is 3. The Hall–Kier alpha value is -3.13. The molecule has 0 aliphatic rings. The van der Waals surface area contributed by atoms with Gasteiger partial charge in [-0.2, -0.15) is 10.3 Å². The molecule has 0 aliphatic heterocycles. The third kappa shape index (κ3) is 2.25. The van der Waals surface area contributed by atoms with Crippen LogP contribution >= 0.6 is 0 Å². The van der Waals surface area contributed by atoms with E-state index < -0.39 is 0 Å². The summed E-state index contributed by atoms with van der Waals surface area (Å²) in [7, 11) is 0. The van der Waals surface area contributed by atoms with E-state index in [4.69, 9.17) is 5.73 Å². The Labute approximate surface area is 129 Å². The number of hydrogen-bond donors (Lipinski definition) is 2. The van der Waals surface area contributed by atoms with Crippen molar-refractivity contribution in [1.29, 1.82) is 0 Å². The van der Waals surface area contributed by atoms with Crippen molar-refractivity contribution in [1.82, 2.24) is 30.2 Å². The van der Waals surface area contributed by atoms with Gasteiger partial charge in [-0.15, -0.1) is 10.2 Å². The Kier molecular flexibility index (Phi) is 3.09. The molecule has 0 saturated heterocycles. The van der Waals surface area contributed by atoms with Crippen LogP contribution in [0, 0.1) is 5.82 Å². The quantitative estimate of drug-likeness (QED) is 0.601. The summed E-state index contributed by atoms with van der Waals surface area (Å²) in [5, 5.41) is 18.8. The summed E-state index contributed by atoms with van der Waals surface area (Å²) in [5.74, 6) is 0.129. The van der Waals surface area contributed by atoms with E-state index in [-0.39, 0.29) is 5.82 Å². The first-order valence-corrected chi connectivity index (χ1v) is 6.97. The molecular formula is C15H12FN7. The van der Waals surface area contributed by atoms with Crippen LogP contribution in [0.15, 0.2) is 42.6 Å². The Balaban J connectivity index is 2.01. The first-order valence-electron chi connectivity index (χ1n) is 6.97. The van der Waals surface area contributed by atoms with Crippen molar-refractivity contribution < 1.29 is 4.39 Å². The third-order valence-corrected chi connectivity index (χ3v) is 3.61. The fourth-order valence-electron chi connectivity index (χ4n) is 2.51. The molecule has 0 amide bonds. The number of benzene rings is 1. The largest absolute Gasteiger partial charge is 0.326 e. The number of hydrogen-bond acceptors (Lipinski definition) is 5. The Morgan fingerprint density at radius 3 is 2.65 bits per heavy atom. The molecule has 0 saturated carbocycles. The van der Waals surface area contributed by atoms with Crippen LogP contribution in [0.4, 0.5) is 4.39 Å². The van der Waals surface area contributed by atoms with Gasteiger partial charge in [-0.05, 0) is 41.1 Å². The number of aromatic nitrogens is 6. The van der Waals surface area contributed by atoms with E-state index in [1.807, 2.05) is 18.3 Å². The highest BCUT2D eigenvalue weighted by Crippen LogP contribution is 2.33. The van der Waals surface area contributed by atoms with Gasteiger partial charge >= 0.3 is 0 Å². The molecule has 8 heteroatoms. The van der Waals surface area contributed by atoms with Crippen molar-refractivity contribution in [3.8, 4) is 22.6 Å². The van der Waals surface area contributed by atoms with Crippen LogP contribution in [0.25, 0.3) is 28.2 Å². The summed E-state index contributed by atoms with van der Waals surface area (Å²) in [6.45, 7) is 0.416. The highest BCUT2D eigenvalue weighted by atomic mass is 19.1. The predicted molar refractivity (Wildman–Crippen MR) is 81.6 cm³/mol. The number of H-pyrrole nitrogens is 1. The summed E-state index contributed by atoms with van der Waals surface area (Å²) in [6.07, 6.45) is 1.85. The Morgan fingerprint density at radius 2 is 1.96 bits per heavy atom. The summed E-state index contributed by atoms with van der Waals surface area (Å²) < 4.78 is 14.9. The first-order chi connectivity index (χ1) is 11.3. The fourth-order valence-corrected chi connectivity index (χ4v) is 2.51. The average molecular weight is 309 g/mol. The molecular weight excluding hydrogens is 297 g/mol. The van der Waals surface area contributed by atoms with E-state index in [0.717, 1.165) is 22.2 Å². The van der Waals surface area contributed by atoms with Crippen LogP contribution in [-0.2, 0) is 6.54 Å². The molecule has 0 fully saturated rings. The third-order valence-electron chi connectivity index (χ3n) is 3.61. The smallest absolute Gasteiger partial charge is 0.209 e. The fraction of sp³-hybridized carbons (Fsp3) is 0.0667. The normalized spacial score (nSPS) is 11.2. The van der Waals surface area contributed by atoms with Crippen molar-refractivity contribution in [3.63, 3.8) is 0 Å². The van der Waals surface area contributed by atoms with Gasteiger partial charge < -0.3 is 5.73 Å². The molecule has 0 unspecified atom stereocenters. The van der Waals surface area contributed by atoms with E-state index in [9.17, 15) is 4.39 Å². The standard InChI is InChI=1S/C15H12FN7/c16-11-4-2-10(3-5-11)14-13(15-18-21-22-19-15)12-6-1-9(7-17)8-23(12)20-14/h1-6,8H,7,17H2,(H,18,19,21,22). The average Bonchev–Trinajstić information content (AvgIpc) is 3.21. The van der Waals surface area contributed by atoms with Crippen molar-refractivity contribution >= 4 is 5.52 Å². The van der Waals surface area contributed by atoms with E-state index in [2.05, 4.69) is 25.7 Å². The molecule has 1 aromatic carbocycles. The summed E-state index contributed by atoms with van der Waals surface area (Å²) >= 11 is 0. The SMILES string of the molecule is NCc1ccc2c(-c3nn[nH]n3)c(-c3ccc(F)cc3)nn2c1. The van der Waals surface area contributed by atoms with Crippen LogP contribution in [0.5, 0.6) is 0 Å². The van der Waals surface area contributed by atoms with Gasteiger partial charge in [0, 0.05) is 18.3 Å². The lowest BCUT2D eigenvalue weighted by Gasteiger charge is -1.99. The van der Waals surface area contributed by atoms with Crippen LogP contribution in [0.1, 0.15) is 5.56 Å². The predicted octanol–water partition coefficient (Wildman–Crippen LogP) is 1.78. The van der Waals surface area contributed by atoms with Gasteiger partial charge in [0.1, 0.15) is 11.5 Å². The first kappa shape index (κ1) is 13.5. The number of pyridine rings is 1. The van der Waals surface area contributed by atoms with Gasteiger partial charge in [-0.1, -0.05) is 6.07 Å². The van der Waals surface area contributed by atoms with Crippen LogP contribution in [0.3, 0.4) is 0 Å². The molecule has 0 spiro atoms. The maximum atomic E-state index is 13.2. The van der Waals surface area contributed by atoms with E-state index in [1.165, 1.54) is 12.1 Å². The minimum atomic E-state index is -0.302. The van der Waals surface area contributed by atoms with Gasteiger partial charge in [0.25, 0.3) is 0 Å². The Bertz CT molecular complexity index is 958. The van der Waals surface area contributed by atoms with Gasteiger partial charge in [0.15, 0.2) is 0 Å².